The first kappa shape index (κ1) is 11.1. The summed E-state index contributed by atoms with van der Waals surface area (Å²) in [5.74, 6) is 0. The molecule has 3 heteroatoms. The number of allylic oxidation sites excluding steroid dienone is 2. The summed E-state index contributed by atoms with van der Waals surface area (Å²) < 4.78 is 0. The van der Waals surface area contributed by atoms with Crippen LogP contribution in [0.4, 0.5) is 0 Å². The van der Waals surface area contributed by atoms with Gasteiger partial charge in [-0.3, -0.25) is 9.68 Å². The summed E-state index contributed by atoms with van der Waals surface area (Å²) in [5.41, 5.74) is 2.24. The molecule has 68 valence electrons. The Hall–Kier alpha value is -0.900. The molecule has 0 unspecified atom stereocenters. The van der Waals surface area contributed by atoms with Crippen LogP contribution in [-0.4, -0.2) is 13.2 Å². The molecule has 0 saturated carbocycles. The number of nitrogens with one attached hydrogen (secondary N) is 1. The fraction of sp³-hybridized carbons (Fsp3) is 0.333. The number of rotatable bonds is 6. The Balaban J connectivity index is 0.000000330. The maximum absolute atomic E-state index is 4.65. The fourth-order valence-corrected chi connectivity index (χ4v) is 0.228. The second-order valence-corrected chi connectivity index (χ2v) is 1.99. The lowest BCUT2D eigenvalue weighted by molar-refractivity contribution is -0.154. The van der Waals surface area contributed by atoms with E-state index in [9.17, 15) is 0 Å². The van der Waals surface area contributed by atoms with Crippen LogP contribution in [0.2, 0.25) is 0 Å². The van der Waals surface area contributed by atoms with Crippen molar-refractivity contribution in [3.8, 4) is 0 Å². The average molecular weight is 169 g/mol. The van der Waals surface area contributed by atoms with E-state index in [1.54, 1.807) is 12.2 Å². The van der Waals surface area contributed by atoms with Crippen LogP contribution in [0, 0.1) is 0 Å². The summed E-state index contributed by atoms with van der Waals surface area (Å²) >= 11 is 0. The highest BCUT2D eigenvalue weighted by atomic mass is 16.9. The molecule has 0 atom stereocenters. The van der Waals surface area contributed by atoms with Crippen molar-refractivity contribution >= 4 is 0 Å². The van der Waals surface area contributed by atoms with Crippen LogP contribution in [-0.2, 0) is 9.68 Å². The minimum Gasteiger partial charge on any atom is -0.273 e. The van der Waals surface area contributed by atoms with E-state index in [4.69, 9.17) is 0 Å². The Bertz CT molecular complexity index is 129. The van der Waals surface area contributed by atoms with E-state index in [2.05, 4.69) is 40.6 Å². The van der Waals surface area contributed by atoms with Gasteiger partial charge in [-0.15, -0.1) is 13.2 Å². The minimum atomic E-state index is 0.428. The zero-order valence-corrected chi connectivity index (χ0v) is 7.16. The van der Waals surface area contributed by atoms with Crippen molar-refractivity contribution in [3.63, 3.8) is 0 Å². The summed E-state index contributed by atoms with van der Waals surface area (Å²) in [6, 6.07) is 0. The molecular weight excluding hydrogens is 154 g/mol. The van der Waals surface area contributed by atoms with Crippen LogP contribution in [0.15, 0.2) is 37.5 Å². The van der Waals surface area contributed by atoms with Gasteiger partial charge in [0.15, 0.2) is 0 Å². The molecule has 1 N–H and O–H groups in total. The Kier molecular flexibility index (Phi) is 9.34. The van der Waals surface area contributed by atoms with Gasteiger partial charge in [-0.2, -0.15) is 0 Å². The SMILES string of the molecule is C1=CC1.C=CCONOCC=C. The highest BCUT2D eigenvalue weighted by molar-refractivity contribution is 5.02. The summed E-state index contributed by atoms with van der Waals surface area (Å²) in [5, 5.41) is 0. The second-order valence-electron chi connectivity index (χ2n) is 1.99. The van der Waals surface area contributed by atoms with E-state index in [1.807, 2.05) is 0 Å². The van der Waals surface area contributed by atoms with Gasteiger partial charge in [0.1, 0.15) is 0 Å². The number of hydrogen-bond donors (Lipinski definition) is 1. The molecule has 0 aromatic rings. The lowest BCUT2D eigenvalue weighted by Crippen LogP contribution is -2.14. The van der Waals surface area contributed by atoms with Crippen LogP contribution in [0.25, 0.3) is 0 Å². The van der Waals surface area contributed by atoms with Gasteiger partial charge in [-0.05, 0) is 6.42 Å². The highest BCUT2D eigenvalue weighted by Crippen LogP contribution is 1.96. The number of hydrogen-bond acceptors (Lipinski definition) is 3. The molecule has 12 heavy (non-hydrogen) atoms. The summed E-state index contributed by atoms with van der Waals surface area (Å²) in [6.45, 7) is 7.73. The summed E-state index contributed by atoms with van der Waals surface area (Å²) in [7, 11) is 0. The third kappa shape index (κ3) is 16.0. The second kappa shape index (κ2) is 10.1. The Labute approximate surface area is 73.3 Å². The molecule has 0 heterocycles. The smallest absolute Gasteiger partial charge is 0.0888 e. The Morgan fingerprint density at radius 1 is 1.17 bits per heavy atom. The van der Waals surface area contributed by atoms with Crippen molar-refractivity contribution in [2.75, 3.05) is 13.2 Å². The molecule has 1 aliphatic rings. The van der Waals surface area contributed by atoms with E-state index in [1.165, 1.54) is 6.42 Å². The lowest BCUT2D eigenvalue weighted by Gasteiger charge is -1.99. The minimum absolute atomic E-state index is 0.428. The first-order valence-corrected chi connectivity index (χ1v) is 3.77. The molecule has 1 aliphatic carbocycles. The molecule has 0 aromatic carbocycles. The maximum atomic E-state index is 4.65. The predicted molar refractivity (Wildman–Crippen MR) is 49.2 cm³/mol. The van der Waals surface area contributed by atoms with Crippen LogP contribution >= 0.6 is 0 Å². The Morgan fingerprint density at radius 3 is 1.83 bits per heavy atom. The molecule has 1 rings (SSSR count). The predicted octanol–water partition coefficient (Wildman–Crippen LogP) is 1.76. The molecule has 0 bridgehead atoms. The average Bonchev–Trinajstić information content (AvgIpc) is 2.90. The fourth-order valence-electron chi connectivity index (χ4n) is 0.228. The van der Waals surface area contributed by atoms with Crippen molar-refractivity contribution < 1.29 is 9.68 Å². The van der Waals surface area contributed by atoms with Gasteiger partial charge < -0.3 is 0 Å². The van der Waals surface area contributed by atoms with Crippen LogP contribution in [0.5, 0.6) is 0 Å². The Morgan fingerprint density at radius 2 is 1.58 bits per heavy atom. The van der Waals surface area contributed by atoms with E-state index in [0.717, 1.165) is 0 Å². The van der Waals surface area contributed by atoms with E-state index in [-0.39, 0.29) is 0 Å². The van der Waals surface area contributed by atoms with Gasteiger partial charge in [0, 0.05) is 0 Å². The van der Waals surface area contributed by atoms with E-state index < -0.39 is 0 Å². The first-order valence-electron chi connectivity index (χ1n) is 3.77. The van der Waals surface area contributed by atoms with Gasteiger partial charge in [0.05, 0.1) is 13.2 Å². The standard InChI is InChI=1S/C6H11NO2.C3H4/c1-3-5-8-7-9-6-4-2;1-2-3-1/h3-4,7H,1-2,5-6H2;1-2H,3H2. The van der Waals surface area contributed by atoms with Gasteiger partial charge in [-0.1, -0.05) is 29.9 Å². The first-order chi connectivity index (χ1) is 5.91. The molecule has 0 spiro atoms. The van der Waals surface area contributed by atoms with Gasteiger partial charge in [0.25, 0.3) is 0 Å². The highest BCUT2D eigenvalue weighted by Gasteiger charge is 1.78. The van der Waals surface area contributed by atoms with Gasteiger partial charge >= 0.3 is 0 Å². The molecule has 0 fully saturated rings. The molecule has 0 aliphatic heterocycles. The topological polar surface area (TPSA) is 30.5 Å². The zero-order chi connectivity index (χ0) is 9.07. The lowest BCUT2D eigenvalue weighted by atomic mass is 10.7. The third-order valence-electron chi connectivity index (χ3n) is 0.756. The molecule has 0 saturated heterocycles. The van der Waals surface area contributed by atoms with Crippen LogP contribution in [0.1, 0.15) is 6.42 Å². The largest absolute Gasteiger partial charge is 0.273 e. The van der Waals surface area contributed by atoms with Crippen LogP contribution in [0.3, 0.4) is 0 Å². The van der Waals surface area contributed by atoms with Crippen LogP contribution < -0.4 is 5.64 Å². The monoisotopic (exact) mass is 169 g/mol. The molecule has 0 amide bonds. The van der Waals surface area contributed by atoms with Crippen molar-refractivity contribution in [2.45, 2.75) is 6.42 Å². The van der Waals surface area contributed by atoms with Crippen molar-refractivity contribution in [2.24, 2.45) is 0 Å². The summed E-state index contributed by atoms with van der Waals surface area (Å²) in [4.78, 5) is 9.29. The zero-order valence-electron chi connectivity index (χ0n) is 7.16. The van der Waals surface area contributed by atoms with E-state index in [0.29, 0.717) is 13.2 Å². The molecule has 3 nitrogen and oxygen atoms in total. The molecule has 0 aromatic heterocycles. The molecular formula is C9H15NO2. The third-order valence-corrected chi connectivity index (χ3v) is 0.756. The van der Waals surface area contributed by atoms with Crippen molar-refractivity contribution in [3.05, 3.63) is 37.5 Å². The van der Waals surface area contributed by atoms with Crippen molar-refractivity contribution in [1.29, 1.82) is 0 Å². The normalized spacial score (nSPS) is 11.3. The van der Waals surface area contributed by atoms with Gasteiger partial charge in [0.2, 0.25) is 0 Å². The molecule has 0 radical (unpaired) electrons. The van der Waals surface area contributed by atoms with Gasteiger partial charge in [-0.25, -0.2) is 0 Å². The maximum Gasteiger partial charge on any atom is 0.0888 e. The quantitative estimate of drug-likeness (QED) is 0.373. The summed E-state index contributed by atoms with van der Waals surface area (Å²) in [6.07, 6.45) is 8.73. The van der Waals surface area contributed by atoms with E-state index >= 15 is 0 Å². The van der Waals surface area contributed by atoms with Crippen molar-refractivity contribution in [1.82, 2.24) is 5.64 Å².